The highest BCUT2D eigenvalue weighted by Gasteiger charge is 2.00. The summed E-state index contributed by atoms with van der Waals surface area (Å²) in [5.41, 5.74) is 3.81. The van der Waals surface area contributed by atoms with Gasteiger partial charge in [0.05, 0.1) is 0 Å². The smallest absolute Gasteiger partial charge is 0.119 e. The van der Waals surface area contributed by atoms with Crippen LogP contribution in [0.2, 0.25) is 0 Å². The summed E-state index contributed by atoms with van der Waals surface area (Å²) in [6.45, 7) is 9.24. The van der Waals surface area contributed by atoms with E-state index >= 15 is 0 Å². The van der Waals surface area contributed by atoms with Crippen molar-refractivity contribution in [3.8, 4) is 5.75 Å². The van der Waals surface area contributed by atoms with Gasteiger partial charge in [-0.3, -0.25) is 0 Å². The lowest BCUT2D eigenvalue weighted by Crippen LogP contribution is -2.16. The van der Waals surface area contributed by atoms with Crippen LogP contribution in [-0.2, 0) is 13.2 Å². The maximum atomic E-state index is 5.86. The van der Waals surface area contributed by atoms with Crippen molar-refractivity contribution in [3.63, 3.8) is 0 Å². The molecule has 0 unspecified atom stereocenters. The molecule has 0 heterocycles. The maximum Gasteiger partial charge on any atom is 0.119 e. The predicted molar refractivity (Wildman–Crippen MR) is 93.1 cm³/mol. The molecule has 1 N–H and O–H groups in total. The Bertz CT molecular complexity index is 560. The summed E-state index contributed by atoms with van der Waals surface area (Å²) in [7, 11) is 0. The fraction of sp³-hybridized carbons (Fsp3) is 0.400. The minimum atomic E-state index is 0.624. The highest BCUT2D eigenvalue weighted by Crippen LogP contribution is 2.15. The van der Waals surface area contributed by atoms with Crippen LogP contribution in [0.3, 0.4) is 0 Å². The number of hydrogen-bond acceptors (Lipinski definition) is 2. The molecule has 0 bridgehead atoms. The van der Waals surface area contributed by atoms with E-state index in [0.29, 0.717) is 6.61 Å². The zero-order valence-electron chi connectivity index (χ0n) is 13.9. The molecule has 0 amide bonds. The molecule has 0 fully saturated rings. The second kappa shape index (κ2) is 8.60. The van der Waals surface area contributed by atoms with Gasteiger partial charge in [-0.2, -0.15) is 0 Å². The SMILES string of the molecule is Cc1ccccc1COc1ccc(CNCCC(C)C)cc1. The van der Waals surface area contributed by atoms with E-state index in [1.807, 2.05) is 0 Å². The minimum absolute atomic E-state index is 0.624. The molecule has 2 heteroatoms. The predicted octanol–water partition coefficient (Wildman–Crippen LogP) is 4.71. The van der Waals surface area contributed by atoms with E-state index in [0.717, 1.165) is 24.8 Å². The quantitative estimate of drug-likeness (QED) is 0.712. The second-order valence-electron chi connectivity index (χ2n) is 6.22. The van der Waals surface area contributed by atoms with Gasteiger partial charge in [0.15, 0.2) is 0 Å². The van der Waals surface area contributed by atoms with Gasteiger partial charge in [-0.1, -0.05) is 50.2 Å². The molecule has 0 aliphatic rings. The van der Waals surface area contributed by atoms with Crippen LogP contribution in [0.4, 0.5) is 0 Å². The lowest BCUT2D eigenvalue weighted by molar-refractivity contribution is 0.305. The Morgan fingerprint density at radius 1 is 1.00 bits per heavy atom. The number of hydrogen-bond donors (Lipinski definition) is 1. The number of benzene rings is 2. The van der Waals surface area contributed by atoms with Crippen molar-refractivity contribution in [1.82, 2.24) is 5.32 Å². The summed E-state index contributed by atoms with van der Waals surface area (Å²) in [5, 5.41) is 3.48. The number of rotatable bonds is 8. The zero-order valence-corrected chi connectivity index (χ0v) is 13.9. The van der Waals surface area contributed by atoms with Crippen molar-refractivity contribution in [2.24, 2.45) is 5.92 Å². The van der Waals surface area contributed by atoms with E-state index in [1.54, 1.807) is 0 Å². The van der Waals surface area contributed by atoms with E-state index < -0.39 is 0 Å². The van der Waals surface area contributed by atoms with Gasteiger partial charge >= 0.3 is 0 Å². The lowest BCUT2D eigenvalue weighted by atomic mass is 10.1. The molecule has 2 aromatic carbocycles. The average Bonchev–Trinajstić information content (AvgIpc) is 2.52. The van der Waals surface area contributed by atoms with Crippen LogP contribution in [0.25, 0.3) is 0 Å². The molecule has 0 saturated heterocycles. The number of ether oxygens (including phenoxy) is 1. The van der Waals surface area contributed by atoms with E-state index in [1.165, 1.54) is 23.1 Å². The molecule has 118 valence electrons. The van der Waals surface area contributed by atoms with Crippen LogP contribution >= 0.6 is 0 Å². The molecule has 0 spiro atoms. The van der Waals surface area contributed by atoms with Crippen LogP contribution in [-0.4, -0.2) is 6.54 Å². The van der Waals surface area contributed by atoms with Gasteiger partial charge in [0, 0.05) is 6.54 Å². The van der Waals surface area contributed by atoms with Crippen molar-refractivity contribution < 1.29 is 4.74 Å². The number of aryl methyl sites for hydroxylation is 1. The summed E-state index contributed by atoms with van der Waals surface area (Å²) in [4.78, 5) is 0. The molecule has 22 heavy (non-hydrogen) atoms. The summed E-state index contributed by atoms with van der Waals surface area (Å²) >= 11 is 0. The van der Waals surface area contributed by atoms with Crippen LogP contribution in [0.1, 0.15) is 37.0 Å². The fourth-order valence-electron chi connectivity index (χ4n) is 2.26. The minimum Gasteiger partial charge on any atom is -0.489 e. The van der Waals surface area contributed by atoms with Crippen molar-refractivity contribution in [1.29, 1.82) is 0 Å². The van der Waals surface area contributed by atoms with E-state index in [-0.39, 0.29) is 0 Å². The molecular formula is C20H27NO. The first-order valence-electron chi connectivity index (χ1n) is 8.12. The first-order chi connectivity index (χ1) is 10.6. The third kappa shape index (κ3) is 5.53. The van der Waals surface area contributed by atoms with E-state index in [9.17, 15) is 0 Å². The Hall–Kier alpha value is -1.80. The molecule has 0 aromatic heterocycles. The van der Waals surface area contributed by atoms with E-state index in [4.69, 9.17) is 4.74 Å². The first kappa shape index (κ1) is 16.6. The zero-order chi connectivity index (χ0) is 15.8. The Morgan fingerprint density at radius 2 is 1.73 bits per heavy atom. The maximum absolute atomic E-state index is 5.86. The highest BCUT2D eigenvalue weighted by molar-refractivity contribution is 5.29. The Labute approximate surface area is 134 Å². The van der Waals surface area contributed by atoms with Gasteiger partial charge in [-0.05, 0) is 54.6 Å². The van der Waals surface area contributed by atoms with Crippen molar-refractivity contribution in [3.05, 3.63) is 65.2 Å². The summed E-state index contributed by atoms with van der Waals surface area (Å²) < 4.78 is 5.86. The van der Waals surface area contributed by atoms with Gasteiger partial charge in [-0.15, -0.1) is 0 Å². The molecule has 0 radical (unpaired) electrons. The largest absolute Gasteiger partial charge is 0.489 e. The van der Waals surface area contributed by atoms with Gasteiger partial charge in [0.2, 0.25) is 0 Å². The van der Waals surface area contributed by atoms with Gasteiger partial charge in [0.1, 0.15) is 12.4 Å². The monoisotopic (exact) mass is 297 g/mol. The highest BCUT2D eigenvalue weighted by atomic mass is 16.5. The Kier molecular flexibility index (Phi) is 6.47. The van der Waals surface area contributed by atoms with Gasteiger partial charge < -0.3 is 10.1 Å². The molecule has 0 aliphatic carbocycles. The van der Waals surface area contributed by atoms with Crippen molar-refractivity contribution >= 4 is 0 Å². The lowest BCUT2D eigenvalue weighted by Gasteiger charge is -2.10. The van der Waals surface area contributed by atoms with Crippen LogP contribution < -0.4 is 10.1 Å². The normalized spacial score (nSPS) is 10.9. The topological polar surface area (TPSA) is 21.3 Å². The van der Waals surface area contributed by atoms with Gasteiger partial charge in [0.25, 0.3) is 0 Å². The van der Waals surface area contributed by atoms with Crippen LogP contribution in [0, 0.1) is 12.8 Å². The van der Waals surface area contributed by atoms with Crippen LogP contribution in [0.15, 0.2) is 48.5 Å². The molecule has 2 aromatic rings. The summed E-state index contributed by atoms with van der Waals surface area (Å²) in [5.74, 6) is 1.68. The number of nitrogens with one attached hydrogen (secondary N) is 1. The third-order valence-electron chi connectivity index (χ3n) is 3.81. The molecule has 0 atom stereocenters. The fourth-order valence-corrected chi connectivity index (χ4v) is 2.26. The molecule has 2 rings (SSSR count). The summed E-state index contributed by atoms with van der Waals surface area (Å²) in [6.07, 6.45) is 1.22. The Balaban J connectivity index is 1.78. The average molecular weight is 297 g/mol. The standard InChI is InChI=1S/C20H27NO/c1-16(2)12-13-21-14-18-8-10-20(11-9-18)22-15-19-7-5-4-6-17(19)3/h4-11,16,21H,12-15H2,1-3H3. The van der Waals surface area contributed by atoms with E-state index in [2.05, 4.69) is 74.6 Å². The first-order valence-corrected chi connectivity index (χ1v) is 8.12. The summed E-state index contributed by atoms with van der Waals surface area (Å²) in [6, 6.07) is 16.7. The molecular weight excluding hydrogens is 270 g/mol. The van der Waals surface area contributed by atoms with Crippen LogP contribution in [0.5, 0.6) is 5.75 Å². The molecule has 0 aliphatic heterocycles. The second-order valence-corrected chi connectivity index (χ2v) is 6.22. The van der Waals surface area contributed by atoms with Gasteiger partial charge in [-0.25, -0.2) is 0 Å². The van der Waals surface area contributed by atoms with Crippen molar-refractivity contribution in [2.45, 2.75) is 40.3 Å². The Morgan fingerprint density at radius 3 is 2.41 bits per heavy atom. The third-order valence-corrected chi connectivity index (χ3v) is 3.81. The molecule has 0 saturated carbocycles. The van der Waals surface area contributed by atoms with Crippen molar-refractivity contribution in [2.75, 3.05) is 6.54 Å². The molecule has 2 nitrogen and oxygen atoms in total.